The number of allylic oxidation sites excluding steroid dienone is 3. The average Bonchev–Trinajstić information content (AvgIpc) is 3.39. The van der Waals surface area contributed by atoms with E-state index < -0.39 is 0 Å². The van der Waals surface area contributed by atoms with Gasteiger partial charge in [-0.3, -0.25) is 0 Å². The Labute approximate surface area is 202 Å². The summed E-state index contributed by atoms with van der Waals surface area (Å²) in [6, 6.07) is 0.220. The smallest absolute Gasteiger partial charge is 0.136 e. The summed E-state index contributed by atoms with van der Waals surface area (Å²) >= 11 is 0. The Hall–Kier alpha value is -1.57. The molecule has 1 saturated heterocycles. The zero-order valence-electron chi connectivity index (χ0n) is 21.6. The Morgan fingerprint density at radius 1 is 1.21 bits per heavy atom. The second-order valence-corrected chi connectivity index (χ2v) is 11.7. The van der Waals surface area contributed by atoms with Gasteiger partial charge in [-0.05, 0) is 92.4 Å². The van der Waals surface area contributed by atoms with E-state index in [0.717, 1.165) is 30.7 Å². The van der Waals surface area contributed by atoms with E-state index in [4.69, 9.17) is 4.84 Å². The lowest BCUT2D eigenvalue weighted by Gasteiger charge is -2.57. The zero-order chi connectivity index (χ0) is 23.6. The van der Waals surface area contributed by atoms with Gasteiger partial charge in [0.15, 0.2) is 0 Å². The highest BCUT2D eigenvalue weighted by Gasteiger charge is 2.58. The van der Waals surface area contributed by atoms with Crippen LogP contribution >= 0.6 is 0 Å². The van der Waals surface area contributed by atoms with Gasteiger partial charge < -0.3 is 10.2 Å². The summed E-state index contributed by atoms with van der Waals surface area (Å²) in [5.74, 6) is 3.04. The molecule has 3 heteroatoms. The summed E-state index contributed by atoms with van der Waals surface area (Å²) in [7, 11) is 0. The topological polar surface area (TPSA) is 33.6 Å². The van der Waals surface area contributed by atoms with Gasteiger partial charge in [0.05, 0.1) is 11.8 Å². The number of oxime groups is 1. The molecule has 182 valence electrons. The minimum Gasteiger partial charge on any atom is -0.394 e. The number of fused-ring (bicyclic) bond motifs is 3. The Balaban J connectivity index is 1.48. The number of rotatable bonds is 7. The molecule has 33 heavy (non-hydrogen) atoms. The van der Waals surface area contributed by atoms with Crippen LogP contribution in [0.4, 0.5) is 0 Å². The van der Waals surface area contributed by atoms with Crippen LogP contribution in [-0.4, -0.2) is 24.9 Å². The van der Waals surface area contributed by atoms with Crippen molar-refractivity contribution in [2.75, 3.05) is 13.2 Å². The fourth-order valence-corrected chi connectivity index (χ4v) is 8.62. The van der Waals surface area contributed by atoms with Crippen molar-refractivity contribution in [2.24, 2.45) is 39.7 Å². The molecule has 4 fully saturated rings. The summed E-state index contributed by atoms with van der Waals surface area (Å²) < 4.78 is 0. The highest BCUT2D eigenvalue weighted by atomic mass is 16.6. The molecule has 0 amide bonds. The number of nitrogens with one attached hydrogen (secondary N) is 1. The van der Waals surface area contributed by atoms with Gasteiger partial charge >= 0.3 is 0 Å². The molecule has 4 rings (SSSR count). The van der Waals surface area contributed by atoms with Gasteiger partial charge in [-0.1, -0.05) is 63.2 Å². The van der Waals surface area contributed by atoms with E-state index in [1.54, 1.807) is 5.57 Å². The fraction of sp³-hybridized carbons (Fsp3) is 0.733. The summed E-state index contributed by atoms with van der Waals surface area (Å²) in [6.07, 6.45) is 15.9. The SMILES string of the molecule is C=C=C1CCNC1CO/N=C(\C)C1CCC2C3CC/C(=C/C=C)C(C)(CCC)C3CCC12C. The first-order valence-corrected chi connectivity index (χ1v) is 13.5. The monoisotopic (exact) mass is 450 g/mol. The first kappa shape index (κ1) is 24.6. The second kappa shape index (κ2) is 9.96. The molecule has 0 aromatic heterocycles. The van der Waals surface area contributed by atoms with E-state index in [1.165, 1.54) is 62.7 Å². The molecule has 3 aliphatic carbocycles. The molecular weight excluding hydrogens is 404 g/mol. The quantitative estimate of drug-likeness (QED) is 0.252. The van der Waals surface area contributed by atoms with Crippen LogP contribution < -0.4 is 5.32 Å². The molecule has 1 heterocycles. The third-order valence-electron chi connectivity index (χ3n) is 10.2. The standard InChI is InChI=1S/C30H46N2O/c1-7-10-23-11-12-24-26-14-13-25(21(4)32-33-20-28-22(9-3)16-19-31-28)30(26,6)18-15-27(24)29(23,5)17-8-2/h7,10,24-28,31H,1,3,8,11-20H2,2,4-6H3/b23-10-,32-21+. The number of nitrogens with zero attached hydrogens (tertiary/aromatic N) is 1. The van der Waals surface area contributed by atoms with Crippen LogP contribution in [0.25, 0.3) is 0 Å². The molecule has 1 aliphatic heterocycles. The lowest BCUT2D eigenvalue weighted by atomic mass is 9.47. The van der Waals surface area contributed by atoms with Crippen LogP contribution in [-0.2, 0) is 4.84 Å². The third-order valence-corrected chi connectivity index (χ3v) is 10.2. The first-order valence-electron chi connectivity index (χ1n) is 13.5. The highest BCUT2D eigenvalue weighted by molar-refractivity contribution is 5.85. The Kier molecular flexibility index (Phi) is 7.41. The van der Waals surface area contributed by atoms with Crippen LogP contribution in [0.5, 0.6) is 0 Å². The second-order valence-electron chi connectivity index (χ2n) is 11.7. The summed E-state index contributed by atoms with van der Waals surface area (Å²) in [5, 5.41) is 8.14. The van der Waals surface area contributed by atoms with Crippen molar-refractivity contribution < 1.29 is 4.84 Å². The van der Waals surface area contributed by atoms with E-state index in [9.17, 15) is 0 Å². The molecule has 4 aliphatic rings. The summed E-state index contributed by atoms with van der Waals surface area (Å²) in [5.41, 5.74) is 7.88. The van der Waals surface area contributed by atoms with E-state index in [0.29, 0.717) is 23.4 Å². The lowest BCUT2D eigenvalue weighted by molar-refractivity contribution is -0.0412. The molecule has 7 unspecified atom stereocenters. The van der Waals surface area contributed by atoms with Gasteiger partial charge in [0, 0.05) is 12.5 Å². The third kappa shape index (κ3) is 4.32. The first-order chi connectivity index (χ1) is 15.9. The maximum Gasteiger partial charge on any atom is 0.136 e. The van der Waals surface area contributed by atoms with Crippen molar-refractivity contribution in [1.29, 1.82) is 0 Å². The van der Waals surface area contributed by atoms with Crippen molar-refractivity contribution in [3.63, 3.8) is 0 Å². The number of hydrogen-bond acceptors (Lipinski definition) is 3. The van der Waals surface area contributed by atoms with Gasteiger partial charge in [-0.25, -0.2) is 0 Å². The predicted molar refractivity (Wildman–Crippen MR) is 139 cm³/mol. The molecule has 1 N–H and O–H groups in total. The van der Waals surface area contributed by atoms with Gasteiger partial charge in [0.25, 0.3) is 0 Å². The molecule has 0 aromatic rings. The fourth-order valence-electron chi connectivity index (χ4n) is 8.62. The van der Waals surface area contributed by atoms with E-state index in [-0.39, 0.29) is 6.04 Å². The molecule has 3 saturated carbocycles. The molecule has 0 radical (unpaired) electrons. The minimum atomic E-state index is 0.220. The van der Waals surface area contributed by atoms with E-state index in [1.807, 2.05) is 6.08 Å². The van der Waals surface area contributed by atoms with Crippen LogP contribution in [0.1, 0.15) is 85.5 Å². The molecule has 0 bridgehead atoms. The average molecular weight is 451 g/mol. The molecular formula is C30H46N2O. The van der Waals surface area contributed by atoms with Crippen LogP contribution in [0.2, 0.25) is 0 Å². The highest BCUT2D eigenvalue weighted by Crippen LogP contribution is 2.66. The van der Waals surface area contributed by atoms with Crippen LogP contribution in [0.15, 0.2) is 47.3 Å². The Bertz CT molecular complexity index is 849. The minimum absolute atomic E-state index is 0.220. The van der Waals surface area contributed by atoms with Crippen LogP contribution in [0, 0.1) is 34.5 Å². The van der Waals surface area contributed by atoms with Crippen molar-refractivity contribution in [2.45, 2.75) is 91.5 Å². The lowest BCUT2D eigenvalue weighted by Crippen LogP contribution is -2.50. The zero-order valence-corrected chi connectivity index (χ0v) is 21.6. The maximum atomic E-state index is 5.88. The Morgan fingerprint density at radius 3 is 2.76 bits per heavy atom. The molecule has 0 aromatic carbocycles. The Morgan fingerprint density at radius 2 is 2.03 bits per heavy atom. The van der Waals surface area contributed by atoms with Crippen molar-refractivity contribution in [1.82, 2.24) is 5.32 Å². The predicted octanol–water partition coefficient (Wildman–Crippen LogP) is 7.22. The van der Waals surface area contributed by atoms with Crippen molar-refractivity contribution in [3.05, 3.63) is 42.2 Å². The van der Waals surface area contributed by atoms with Crippen molar-refractivity contribution >= 4 is 5.71 Å². The normalized spacial score (nSPS) is 42.1. The largest absolute Gasteiger partial charge is 0.394 e. The molecule has 7 atom stereocenters. The van der Waals surface area contributed by atoms with Gasteiger partial charge in [0.2, 0.25) is 0 Å². The van der Waals surface area contributed by atoms with E-state index >= 15 is 0 Å². The van der Waals surface area contributed by atoms with Gasteiger partial charge in [-0.15, -0.1) is 5.73 Å². The summed E-state index contributed by atoms with van der Waals surface area (Å²) in [4.78, 5) is 5.88. The van der Waals surface area contributed by atoms with Crippen LogP contribution in [0.3, 0.4) is 0 Å². The summed E-state index contributed by atoms with van der Waals surface area (Å²) in [6.45, 7) is 19.1. The maximum absolute atomic E-state index is 5.88. The molecule has 3 nitrogen and oxygen atoms in total. The van der Waals surface area contributed by atoms with E-state index in [2.05, 4.69) is 63.1 Å². The van der Waals surface area contributed by atoms with Gasteiger partial charge in [0.1, 0.15) is 6.61 Å². The van der Waals surface area contributed by atoms with Gasteiger partial charge in [-0.2, -0.15) is 0 Å². The molecule has 0 spiro atoms. The number of hydrogen-bond donors (Lipinski definition) is 1. The van der Waals surface area contributed by atoms with Crippen molar-refractivity contribution in [3.8, 4) is 0 Å².